The maximum Gasteiger partial charge on any atom is 0.322 e. The van der Waals surface area contributed by atoms with Gasteiger partial charge in [0, 0.05) is 0 Å². The van der Waals surface area contributed by atoms with E-state index in [1.807, 2.05) is 0 Å². The first-order valence-corrected chi connectivity index (χ1v) is 6.43. The van der Waals surface area contributed by atoms with Crippen molar-refractivity contribution in [3.63, 3.8) is 0 Å². The lowest BCUT2D eigenvalue weighted by molar-refractivity contribution is -0.145. The summed E-state index contributed by atoms with van der Waals surface area (Å²) in [4.78, 5) is 20.8. The highest BCUT2D eigenvalue weighted by atomic mass is 32.2. The Labute approximate surface area is 107 Å². The van der Waals surface area contributed by atoms with E-state index >= 15 is 0 Å². The third-order valence-corrected chi connectivity index (χ3v) is 3.59. The van der Waals surface area contributed by atoms with E-state index in [1.165, 1.54) is 0 Å². The number of carboxylic acids is 2. The predicted molar refractivity (Wildman–Crippen MR) is 60.4 cm³/mol. The van der Waals surface area contributed by atoms with Gasteiger partial charge in [0.15, 0.2) is 0 Å². The summed E-state index contributed by atoms with van der Waals surface area (Å²) in [6, 6.07) is 1.87. The summed E-state index contributed by atoms with van der Waals surface area (Å²) in [7, 11) is -4.23. The Morgan fingerprint density at radius 3 is 2.16 bits per heavy atom. The molecular weight excluding hydrogens is 281 g/mol. The van der Waals surface area contributed by atoms with Gasteiger partial charge in [0.25, 0.3) is 0 Å². The lowest BCUT2D eigenvalue weighted by Crippen LogP contribution is -2.42. The summed E-state index contributed by atoms with van der Waals surface area (Å²) in [5, 5.41) is 17.2. The molecule has 0 fully saturated rings. The number of carboxylic acid groups (broad SMARTS) is 2. The van der Waals surface area contributed by atoms with Crippen LogP contribution in [0.25, 0.3) is 0 Å². The number of sulfonamides is 1. The summed E-state index contributed by atoms with van der Waals surface area (Å²) in [5.41, 5.74) is 0. The lowest BCUT2D eigenvalue weighted by atomic mass is 10.2. The monoisotopic (exact) mass is 291 g/mol. The maximum atomic E-state index is 12.7. The SMILES string of the molecule is O=C(O)C[C@@H](NS(=O)(=O)c1ccc(F)cc1)C(=O)O. The van der Waals surface area contributed by atoms with Crippen molar-refractivity contribution in [1.82, 2.24) is 4.72 Å². The molecule has 0 saturated heterocycles. The third kappa shape index (κ3) is 4.30. The van der Waals surface area contributed by atoms with Crippen LogP contribution in [-0.4, -0.2) is 36.6 Å². The summed E-state index contributed by atoms with van der Waals surface area (Å²) in [5.74, 6) is -3.73. The van der Waals surface area contributed by atoms with Crippen molar-refractivity contribution in [2.75, 3.05) is 0 Å². The number of aliphatic carboxylic acids is 2. The minimum absolute atomic E-state index is 0.356. The van der Waals surface area contributed by atoms with Crippen molar-refractivity contribution in [2.45, 2.75) is 17.4 Å². The Morgan fingerprint density at radius 1 is 1.21 bits per heavy atom. The van der Waals surface area contributed by atoms with E-state index in [0.29, 0.717) is 0 Å². The number of nitrogens with one attached hydrogen (secondary N) is 1. The average molecular weight is 291 g/mol. The molecule has 0 radical (unpaired) electrons. The van der Waals surface area contributed by atoms with Crippen LogP contribution in [0.15, 0.2) is 29.2 Å². The van der Waals surface area contributed by atoms with Gasteiger partial charge in [-0.05, 0) is 24.3 Å². The number of hydrogen-bond acceptors (Lipinski definition) is 4. The van der Waals surface area contributed by atoms with Gasteiger partial charge in [-0.25, -0.2) is 12.8 Å². The van der Waals surface area contributed by atoms with Gasteiger partial charge in [-0.2, -0.15) is 4.72 Å². The fourth-order valence-electron chi connectivity index (χ4n) is 1.22. The highest BCUT2D eigenvalue weighted by molar-refractivity contribution is 7.89. The highest BCUT2D eigenvalue weighted by Crippen LogP contribution is 2.11. The van der Waals surface area contributed by atoms with Gasteiger partial charge in [-0.3, -0.25) is 9.59 Å². The zero-order chi connectivity index (χ0) is 14.6. The Hall–Kier alpha value is -2.00. The number of carbonyl (C=O) groups is 2. The number of benzene rings is 1. The zero-order valence-electron chi connectivity index (χ0n) is 9.41. The molecule has 1 atom stereocenters. The topological polar surface area (TPSA) is 121 Å². The fraction of sp³-hybridized carbons (Fsp3) is 0.200. The van der Waals surface area contributed by atoms with Crippen molar-refractivity contribution < 1.29 is 32.6 Å². The van der Waals surface area contributed by atoms with Crippen LogP contribution in [-0.2, 0) is 19.6 Å². The van der Waals surface area contributed by atoms with Gasteiger partial charge in [0.1, 0.15) is 11.9 Å². The molecule has 7 nitrogen and oxygen atoms in total. The number of hydrogen-bond donors (Lipinski definition) is 3. The van der Waals surface area contributed by atoms with Crippen LogP contribution < -0.4 is 4.72 Å². The molecule has 0 aromatic heterocycles. The van der Waals surface area contributed by atoms with E-state index in [9.17, 15) is 22.4 Å². The molecule has 1 aromatic carbocycles. The number of rotatable bonds is 6. The second kappa shape index (κ2) is 5.76. The summed E-state index contributed by atoms with van der Waals surface area (Å²) < 4.78 is 37.9. The van der Waals surface area contributed by atoms with Gasteiger partial charge in [-0.1, -0.05) is 0 Å². The first kappa shape index (κ1) is 15.1. The second-order valence-electron chi connectivity index (χ2n) is 3.56. The van der Waals surface area contributed by atoms with E-state index in [2.05, 4.69) is 0 Å². The van der Waals surface area contributed by atoms with E-state index in [1.54, 1.807) is 4.72 Å². The largest absolute Gasteiger partial charge is 0.481 e. The minimum atomic E-state index is -4.23. The predicted octanol–water partition coefficient (Wildman–Crippen LogP) is 0.0319. The van der Waals surface area contributed by atoms with Crippen LogP contribution in [0.1, 0.15) is 6.42 Å². The molecule has 1 rings (SSSR count). The lowest BCUT2D eigenvalue weighted by Gasteiger charge is -2.12. The molecular formula is C10H10FNO6S. The van der Waals surface area contributed by atoms with Gasteiger partial charge in [0.2, 0.25) is 10.0 Å². The van der Waals surface area contributed by atoms with E-state index < -0.39 is 40.2 Å². The molecule has 19 heavy (non-hydrogen) atoms. The van der Waals surface area contributed by atoms with Crippen molar-refractivity contribution in [2.24, 2.45) is 0 Å². The smallest absolute Gasteiger partial charge is 0.322 e. The molecule has 0 aliphatic carbocycles. The Balaban J connectivity index is 2.97. The van der Waals surface area contributed by atoms with E-state index in [-0.39, 0.29) is 4.90 Å². The molecule has 3 N–H and O–H groups in total. The van der Waals surface area contributed by atoms with Gasteiger partial charge in [-0.15, -0.1) is 0 Å². The molecule has 0 aliphatic rings. The van der Waals surface area contributed by atoms with Crippen LogP contribution in [0.2, 0.25) is 0 Å². The van der Waals surface area contributed by atoms with Gasteiger partial charge in [0.05, 0.1) is 11.3 Å². The summed E-state index contributed by atoms with van der Waals surface area (Å²) >= 11 is 0. The third-order valence-electron chi connectivity index (χ3n) is 2.10. The molecule has 9 heteroatoms. The molecule has 0 saturated carbocycles. The van der Waals surface area contributed by atoms with Crippen molar-refractivity contribution in [1.29, 1.82) is 0 Å². The maximum absolute atomic E-state index is 12.7. The Kier molecular flexibility index (Phi) is 4.57. The molecule has 0 unspecified atom stereocenters. The zero-order valence-corrected chi connectivity index (χ0v) is 10.2. The van der Waals surface area contributed by atoms with Gasteiger partial charge >= 0.3 is 11.9 Å². The number of halogens is 1. The van der Waals surface area contributed by atoms with Crippen LogP contribution in [0.4, 0.5) is 4.39 Å². The molecule has 0 spiro atoms. The van der Waals surface area contributed by atoms with Crippen LogP contribution in [0.5, 0.6) is 0 Å². The molecule has 0 bridgehead atoms. The quantitative estimate of drug-likeness (QED) is 0.680. The van der Waals surface area contributed by atoms with Crippen LogP contribution in [0, 0.1) is 5.82 Å². The first-order valence-electron chi connectivity index (χ1n) is 4.95. The van der Waals surface area contributed by atoms with Crippen molar-refractivity contribution in [3.05, 3.63) is 30.1 Å². The van der Waals surface area contributed by atoms with E-state index in [0.717, 1.165) is 24.3 Å². The summed E-state index contributed by atoms with van der Waals surface area (Å²) in [6.45, 7) is 0. The fourth-order valence-corrected chi connectivity index (χ4v) is 2.41. The van der Waals surface area contributed by atoms with Crippen molar-refractivity contribution >= 4 is 22.0 Å². The molecule has 0 amide bonds. The van der Waals surface area contributed by atoms with Gasteiger partial charge < -0.3 is 10.2 Å². The Morgan fingerprint density at radius 2 is 1.74 bits per heavy atom. The average Bonchev–Trinajstić information content (AvgIpc) is 2.27. The standard InChI is InChI=1S/C10H10FNO6S/c11-6-1-3-7(4-2-6)19(17,18)12-8(10(15)16)5-9(13)14/h1-4,8,12H,5H2,(H,13,14)(H,15,16)/t8-/m1/s1. The Bertz CT molecular complexity index is 583. The summed E-state index contributed by atoms with van der Waals surface area (Å²) in [6.07, 6.45) is -0.907. The molecule has 0 aliphatic heterocycles. The molecule has 104 valence electrons. The van der Waals surface area contributed by atoms with Crippen molar-refractivity contribution in [3.8, 4) is 0 Å². The normalized spacial score (nSPS) is 12.9. The molecule has 1 aromatic rings. The second-order valence-corrected chi connectivity index (χ2v) is 5.28. The molecule has 0 heterocycles. The van der Waals surface area contributed by atoms with E-state index in [4.69, 9.17) is 10.2 Å². The van der Waals surface area contributed by atoms with Crippen LogP contribution >= 0.6 is 0 Å². The first-order chi connectivity index (χ1) is 8.72. The van der Waals surface area contributed by atoms with Crippen LogP contribution in [0.3, 0.4) is 0 Å². The highest BCUT2D eigenvalue weighted by Gasteiger charge is 2.27. The minimum Gasteiger partial charge on any atom is -0.481 e.